The number of hydrogen-bond acceptors (Lipinski definition) is 4. The molecule has 1 saturated heterocycles. The first-order valence-corrected chi connectivity index (χ1v) is 9.81. The molecule has 3 aromatic rings. The molecule has 1 aliphatic rings. The molecule has 4 rings (SSSR count). The van der Waals surface area contributed by atoms with E-state index in [1.165, 1.54) is 41.1 Å². The lowest BCUT2D eigenvalue weighted by Gasteiger charge is -2.38. The quantitative estimate of drug-likeness (QED) is 0.627. The van der Waals surface area contributed by atoms with E-state index in [1.807, 2.05) is 4.90 Å². The summed E-state index contributed by atoms with van der Waals surface area (Å²) in [6.45, 7) is 1.60. The van der Waals surface area contributed by atoms with Gasteiger partial charge in [-0.1, -0.05) is 0 Å². The number of carboxylic acids is 2. The summed E-state index contributed by atoms with van der Waals surface area (Å²) >= 11 is 0. The summed E-state index contributed by atoms with van der Waals surface area (Å²) < 4.78 is 28.3. The Morgan fingerprint density at radius 3 is 2.19 bits per heavy atom. The van der Waals surface area contributed by atoms with Crippen LogP contribution in [-0.2, 0) is 16.1 Å². The van der Waals surface area contributed by atoms with Crippen molar-refractivity contribution >= 4 is 28.5 Å². The number of halogens is 2. The third-order valence-electron chi connectivity index (χ3n) is 5.58. The van der Waals surface area contributed by atoms with Crippen molar-refractivity contribution in [2.45, 2.75) is 12.6 Å². The van der Waals surface area contributed by atoms with Gasteiger partial charge in [-0.25, -0.2) is 8.78 Å². The number of fused-ring (bicyclic) bond motifs is 1. The third kappa shape index (κ3) is 4.22. The largest absolute Gasteiger partial charge is 0.480 e. The zero-order chi connectivity index (χ0) is 22.1. The van der Waals surface area contributed by atoms with E-state index in [2.05, 4.69) is 4.90 Å². The summed E-state index contributed by atoms with van der Waals surface area (Å²) in [4.78, 5) is 27.3. The van der Waals surface area contributed by atoms with Crippen molar-refractivity contribution in [3.63, 3.8) is 0 Å². The van der Waals surface area contributed by atoms with E-state index in [1.54, 1.807) is 12.1 Å². The molecule has 7 nitrogen and oxygen atoms in total. The predicted octanol–water partition coefficient (Wildman–Crippen LogP) is 2.95. The number of aromatic nitrogens is 1. The SMILES string of the molecule is O=C(O)Cn1cc([C@@H](C(=O)O)N2CCN(c3ccc(F)cc3)CC2)c2ccc(F)cc21. The van der Waals surface area contributed by atoms with Crippen molar-refractivity contribution < 1.29 is 28.6 Å². The second kappa shape index (κ2) is 8.35. The fourth-order valence-corrected chi connectivity index (χ4v) is 4.16. The van der Waals surface area contributed by atoms with Crippen LogP contribution in [0.1, 0.15) is 11.6 Å². The normalized spacial score (nSPS) is 15.9. The molecule has 0 spiro atoms. The van der Waals surface area contributed by atoms with Crippen LogP contribution in [0.5, 0.6) is 0 Å². The van der Waals surface area contributed by atoms with E-state index in [0.717, 1.165) is 5.69 Å². The van der Waals surface area contributed by atoms with E-state index < -0.39 is 30.3 Å². The molecule has 2 heterocycles. The number of rotatable bonds is 6. The average Bonchev–Trinajstić information content (AvgIpc) is 3.05. The molecule has 2 aromatic carbocycles. The minimum atomic E-state index is -1.10. The molecule has 2 N–H and O–H groups in total. The van der Waals surface area contributed by atoms with Gasteiger partial charge in [0, 0.05) is 49.0 Å². The van der Waals surface area contributed by atoms with E-state index in [4.69, 9.17) is 0 Å². The molecule has 0 aliphatic carbocycles. The Morgan fingerprint density at radius 2 is 1.58 bits per heavy atom. The first kappa shape index (κ1) is 20.8. The van der Waals surface area contributed by atoms with Gasteiger partial charge in [-0.2, -0.15) is 0 Å². The lowest BCUT2D eigenvalue weighted by atomic mass is 10.0. The highest BCUT2D eigenvalue weighted by atomic mass is 19.1. The molecular weight excluding hydrogens is 408 g/mol. The maximum atomic E-state index is 13.8. The number of carbonyl (C=O) groups is 2. The summed E-state index contributed by atoms with van der Waals surface area (Å²) in [6.07, 6.45) is 1.49. The average molecular weight is 429 g/mol. The Kier molecular flexibility index (Phi) is 5.60. The summed E-state index contributed by atoms with van der Waals surface area (Å²) in [7, 11) is 0. The van der Waals surface area contributed by atoms with Crippen molar-refractivity contribution in [1.29, 1.82) is 0 Å². The second-order valence-electron chi connectivity index (χ2n) is 7.51. The van der Waals surface area contributed by atoms with Gasteiger partial charge in [-0.3, -0.25) is 14.5 Å². The van der Waals surface area contributed by atoms with Crippen molar-refractivity contribution in [2.75, 3.05) is 31.1 Å². The van der Waals surface area contributed by atoms with Crippen molar-refractivity contribution in [3.8, 4) is 0 Å². The molecular formula is C22H21F2N3O4. The first-order valence-electron chi connectivity index (χ1n) is 9.81. The molecule has 0 unspecified atom stereocenters. The van der Waals surface area contributed by atoms with Gasteiger partial charge in [-0.15, -0.1) is 0 Å². The molecule has 1 fully saturated rings. The minimum Gasteiger partial charge on any atom is -0.480 e. The van der Waals surface area contributed by atoms with Crippen LogP contribution in [0.25, 0.3) is 10.9 Å². The topological polar surface area (TPSA) is 86.0 Å². The standard InChI is InChI=1S/C22H21F2N3O4/c23-14-1-4-16(5-2-14)25-7-9-26(10-8-25)21(22(30)31)18-12-27(13-20(28)29)19-11-15(24)3-6-17(18)19/h1-6,11-12,21H,7-10,13H2,(H,28,29)(H,30,31)/t21-/m0/s1. The Hall–Kier alpha value is -3.46. The van der Waals surface area contributed by atoms with Gasteiger partial charge in [0.2, 0.25) is 0 Å². The molecule has 31 heavy (non-hydrogen) atoms. The molecule has 0 saturated carbocycles. The van der Waals surface area contributed by atoms with E-state index >= 15 is 0 Å². The van der Waals surface area contributed by atoms with Crippen molar-refractivity contribution in [3.05, 3.63) is 65.9 Å². The Labute approximate surface area is 176 Å². The zero-order valence-electron chi connectivity index (χ0n) is 16.5. The summed E-state index contributed by atoms with van der Waals surface area (Å²) in [5.74, 6) is -3.01. The summed E-state index contributed by atoms with van der Waals surface area (Å²) in [5.41, 5.74) is 1.63. The lowest BCUT2D eigenvalue weighted by molar-refractivity contribution is -0.143. The van der Waals surface area contributed by atoms with Crippen LogP contribution in [0.3, 0.4) is 0 Å². The molecule has 1 atom stereocenters. The van der Waals surface area contributed by atoms with Crippen LogP contribution < -0.4 is 4.90 Å². The number of piperazine rings is 1. The van der Waals surface area contributed by atoms with Gasteiger partial charge >= 0.3 is 11.9 Å². The van der Waals surface area contributed by atoms with Gasteiger partial charge in [0.1, 0.15) is 24.2 Å². The number of hydrogen-bond donors (Lipinski definition) is 2. The zero-order valence-corrected chi connectivity index (χ0v) is 16.5. The lowest BCUT2D eigenvalue weighted by Crippen LogP contribution is -2.49. The Balaban J connectivity index is 1.63. The number of carboxylic acid groups (broad SMARTS) is 2. The van der Waals surface area contributed by atoms with Gasteiger partial charge in [0.25, 0.3) is 0 Å². The van der Waals surface area contributed by atoms with Gasteiger partial charge < -0.3 is 19.7 Å². The fraction of sp³-hybridized carbons (Fsp3) is 0.273. The second-order valence-corrected chi connectivity index (χ2v) is 7.51. The fourth-order valence-electron chi connectivity index (χ4n) is 4.16. The predicted molar refractivity (Wildman–Crippen MR) is 110 cm³/mol. The molecule has 1 aromatic heterocycles. The highest BCUT2D eigenvalue weighted by Gasteiger charge is 2.33. The van der Waals surface area contributed by atoms with Crippen LogP contribution >= 0.6 is 0 Å². The van der Waals surface area contributed by atoms with Gasteiger partial charge in [0.15, 0.2) is 0 Å². The maximum Gasteiger partial charge on any atom is 0.325 e. The number of aliphatic carboxylic acids is 2. The van der Waals surface area contributed by atoms with Crippen LogP contribution in [0, 0.1) is 11.6 Å². The Bertz CT molecular complexity index is 1120. The minimum absolute atomic E-state index is 0.317. The Morgan fingerprint density at radius 1 is 0.935 bits per heavy atom. The summed E-state index contributed by atoms with van der Waals surface area (Å²) in [5, 5.41) is 19.7. The molecule has 0 radical (unpaired) electrons. The molecule has 9 heteroatoms. The van der Waals surface area contributed by atoms with Gasteiger partial charge in [-0.05, 0) is 42.5 Å². The van der Waals surface area contributed by atoms with E-state index in [9.17, 15) is 28.6 Å². The summed E-state index contributed by atoms with van der Waals surface area (Å²) in [6, 6.07) is 9.09. The third-order valence-corrected chi connectivity index (χ3v) is 5.58. The van der Waals surface area contributed by atoms with E-state index in [-0.39, 0.29) is 5.82 Å². The van der Waals surface area contributed by atoms with E-state index in [0.29, 0.717) is 42.6 Å². The van der Waals surface area contributed by atoms with Crippen LogP contribution in [0.15, 0.2) is 48.7 Å². The molecule has 0 bridgehead atoms. The number of benzene rings is 2. The van der Waals surface area contributed by atoms with Crippen LogP contribution in [0.2, 0.25) is 0 Å². The van der Waals surface area contributed by atoms with Crippen molar-refractivity contribution in [2.24, 2.45) is 0 Å². The number of anilines is 1. The molecule has 162 valence electrons. The monoisotopic (exact) mass is 429 g/mol. The highest BCUT2D eigenvalue weighted by Crippen LogP contribution is 2.32. The first-order chi connectivity index (χ1) is 14.8. The number of nitrogens with zero attached hydrogens (tertiary/aromatic N) is 3. The molecule has 0 amide bonds. The van der Waals surface area contributed by atoms with Crippen molar-refractivity contribution in [1.82, 2.24) is 9.47 Å². The maximum absolute atomic E-state index is 13.8. The molecule has 1 aliphatic heterocycles. The van der Waals surface area contributed by atoms with Crippen LogP contribution in [-0.4, -0.2) is 57.8 Å². The highest BCUT2D eigenvalue weighted by molar-refractivity contribution is 5.90. The van der Waals surface area contributed by atoms with Crippen LogP contribution in [0.4, 0.5) is 14.5 Å². The smallest absolute Gasteiger partial charge is 0.325 e. The van der Waals surface area contributed by atoms with Gasteiger partial charge in [0.05, 0.1) is 5.52 Å².